The van der Waals surface area contributed by atoms with E-state index < -0.39 is 5.82 Å². The molecule has 0 saturated carbocycles. The number of fused-ring (bicyclic) bond motifs is 1. The summed E-state index contributed by atoms with van der Waals surface area (Å²) in [6.07, 6.45) is 1.88. The number of aromatic nitrogens is 2. The topological polar surface area (TPSA) is 78.5 Å². The number of unbranched alkanes of at least 4 members (excludes halogenated alkanes) is 1. The molecule has 32 heavy (non-hydrogen) atoms. The molecule has 0 atom stereocenters. The predicted molar refractivity (Wildman–Crippen MR) is 122 cm³/mol. The number of carbonyl (C=O) groups is 1. The molecule has 1 aliphatic heterocycles. The first-order chi connectivity index (χ1) is 15.5. The van der Waals surface area contributed by atoms with Gasteiger partial charge in [-0.25, -0.2) is 4.39 Å². The number of rotatable bonds is 8. The van der Waals surface area contributed by atoms with Crippen molar-refractivity contribution in [3.63, 3.8) is 0 Å². The molecule has 7 nitrogen and oxygen atoms in total. The van der Waals surface area contributed by atoms with Gasteiger partial charge in [-0.2, -0.15) is 4.98 Å². The van der Waals surface area contributed by atoms with Crippen molar-refractivity contribution in [2.75, 3.05) is 44.2 Å². The van der Waals surface area contributed by atoms with Gasteiger partial charge in [0.25, 0.3) is 0 Å². The Morgan fingerprint density at radius 1 is 1.09 bits per heavy atom. The van der Waals surface area contributed by atoms with Crippen molar-refractivity contribution < 1.29 is 13.9 Å². The molecule has 1 fully saturated rings. The van der Waals surface area contributed by atoms with Crippen LogP contribution in [0.15, 0.2) is 47.3 Å². The van der Waals surface area contributed by atoms with Crippen molar-refractivity contribution in [3.05, 3.63) is 64.2 Å². The number of hydrogen-bond donors (Lipinski definition) is 1. The summed E-state index contributed by atoms with van der Waals surface area (Å²) in [5.74, 6) is -0.193. The highest BCUT2D eigenvalue weighted by atomic mass is 19.1. The van der Waals surface area contributed by atoms with Gasteiger partial charge in [0.1, 0.15) is 11.5 Å². The Labute approximate surface area is 185 Å². The van der Waals surface area contributed by atoms with Crippen LogP contribution in [0.2, 0.25) is 0 Å². The summed E-state index contributed by atoms with van der Waals surface area (Å²) in [7, 11) is 0. The summed E-state index contributed by atoms with van der Waals surface area (Å²) in [4.78, 5) is 34.8. The third kappa shape index (κ3) is 5.13. The highest BCUT2D eigenvalue weighted by Crippen LogP contribution is 2.25. The van der Waals surface area contributed by atoms with E-state index in [0.29, 0.717) is 23.8 Å². The first-order valence-electron chi connectivity index (χ1n) is 10.9. The number of H-pyrrole nitrogens is 1. The van der Waals surface area contributed by atoms with Gasteiger partial charge in [0.2, 0.25) is 11.4 Å². The van der Waals surface area contributed by atoms with Gasteiger partial charge < -0.3 is 14.6 Å². The lowest BCUT2D eigenvalue weighted by Crippen LogP contribution is -2.47. The maximum absolute atomic E-state index is 14.1. The smallest absolute Gasteiger partial charge is 0.249 e. The quantitative estimate of drug-likeness (QED) is 0.430. The number of hydrogen-bond acceptors (Lipinski definition) is 6. The molecule has 1 aromatic carbocycles. The van der Waals surface area contributed by atoms with Crippen LogP contribution < -0.4 is 15.2 Å². The molecule has 0 radical (unpaired) electrons. The molecule has 168 valence electrons. The number of aromatic amines is 1. The second-order valence-corrected chi connectivity index (χ2v) is 7.98. The van der Waals surface area contributed by atoms with Gasteiger partial charge in [0.15, 0.2) is 5.78 Å². The van der Waals surface area contributed by atoms with Crippen LogP contribution in [-0.2, 0) is 0 Å². The van der Waals surface area contributed by atoms with Gasteiger partial charge in [-0.15, -0.1) is 0 Å². The highest BCUT2D eigenvalue weighted by molar-refractivity contribution is 6.00. The Hall–Kier alpha value is -3.26. The van der Waals surface area contributed by atoms with Crippen molar-refractivity contribution in [2.45, 2.75) is 19.8 Å². The number of carbonyl (C=O) groups excluding carboxylic acids is 1. The van der Waals surface area contributed by atoms with E-state index in [1.807, 2.05) is 18.2 Å². The summed E-state index contributed by atoms with van der Waals surface area (Å²) in [6, 6.07) is 11.7. The van der Waals surface area contributed by atoms with Crippen molar-refractivity contribution in [2.24, 2.45) is 0 Å². The molecule has 0 bridgehead atoms. The maximum atomic E-state index is 14.1. The predicted octanol–water partition coefficient (Wildman–Crippen LogP) is 3.25. The van der Waals surface area contributed by atoms with Gasteiger partial charge in [0, 0.05) is 43.7 Å². The fraction of sp³-hybridized carbons (Fsp3) is 0.375. The van der Waals surface area contributed by atoms with Gasteiger partial charge in [-0.1, -0.05) is 6.07 Å². The van der Waals surface area contributed by atoms with E-state index in [1.165, 1.54) is 19.1 Å². The Kier molecular flexibility index (Phi) is 6.80. The Bertz CT molecular complexity index is 1160. The molecular weight excluding hydrogens is 411 g/mol. The molecule has 1 aliphatic rings. The summed E-state index contributed by atoms with van der Waals surface area (Å²) < 4.78 is 19.8. The first kappa shape index (κ1) is 22.0. The van der Waals surface area contributed by atoms with E-state index in [0.717, 1.165) is 51.0 Å². The lowest BCUT2D eigenvalue weighted by atomic mass is 10.1. The molecule has 0 unspecified atom stereocenters. The van der Waals surface area contributed by atoms with Gasteiger partial charge in [-0.3, -0.25) is 14.5 Å². The minimum Gasteiger partial charge on any atom is -0.478 e. The monoisotopic (exact) mass is 438 g/mol. The molecule has 0 amide bonds. The van der Waals surface area contributed by atoms with E-state index in [2.05, 4.69) is 19.8 Å². The van der Waals surface area contributed by atoms with E-state index in [4.69, 9.17) is 4.74 Å². The van der Waals surface area contributed by atoms with Crippen LogP contribution in [0.5, 0.6) is 5.88 Å². The number of piperazine rings is 1. The number of pyridine rings is 2. The number of nitrogens with zero attached hydrogens (tertiary/aromatic N) is 3. The molecule has 4 rings (SSSR count). The van der Waals surface area contributed by atoms with Gasteiger partial charge >= 0.3 is 0 Å². The molecule has 0 aliphatic carbocycles. The summed E-state index contributed by atoms with van der Waals surface area (Å²) in [6.45, 7) is 6.19. The fourth-order valence-corrected chi connectivity index (χ4v) is 4.04. The van der Waals surface area contributed by atoms with Crippen molar-refractivity contribution in [1.29, 1.82) is 0 Å². The van der Waals surface area contributed by atoms with Gasteiger partial charge in [0.05, 0.1) is 17.9 Å². The number of Topliss-reactive ketones (excluding diaryl/α,β-unsaturated/α-hetero) is 1. The molecule has 1 saturated heterocycles. The van der Waals surface area contributed by atoms with Gasteiger partial charge in [-0.05, 0) is 50.6 Å². The van der Waals surface area contributed by atoms with Crippen molar-refractivity contribution in [3.8, 4) is 5.88 Å². The fourth-order valence-electron chi connectivity index (χ4n) is 4.04. The molecule has 2 aromatic heterocycles. The van der Waals surface area contributed by atoms with Crippen LogP contribution in [0.25, 0.3) is 11.0 Å². The number of benzene rings is 1. The molecule has 0 spiro atoms. The average Bonchev–Trinajstić information content (AvgIpc) is 2.78. The second kappa shape index (κ2) is 9.91. The zero-order valence-electron chi connectivity index (χ0n) is 18.1. The minimum atomic E-state index is -0.454. The number of ketones is 1. The SMILES string of the molecule is CC(=O)c1c(F)cccc1N1CCN(CCCCOc2ccc3ccc(=O)[nH]c3n2)CC1. The van der Waals surface area contributed by atoms with Crippen LogP contribution in [0.4, 0.5) is 10.1 Å². The Morgan fingerprint density at radius 2 is 1.88 bits per heavy atom. The van der Waals surface area contributed by atoms with Crippen molar-refractivity contribution in [1.82, 2.24) is 14.9 Å². The first-order valence-corrected chi connectivity index (χ1v) is 10.9. The molecule has 8 heteroatoms. The Balaban J connectivity index is 1.20. The summed E-state index contributed by atoms with van der Waals surface area (Å²) in [5, 5.41) is 0.866. The van der Waals surface area contributed by atoms with Crippen LogP contribution in [-0.4, -0.2) is 60.0 Å². The van der Waals surface area contributed by atoms with Crippen LogP contribution in [0.1, 0.15) is 30.1 Å². The average molecular weight is 439 g/mol. The molecule has 3 aromatic rings. The second-order valence-electron chi connectivity index (χ2n) is 7.98. The molecular formula is C24H27FN4O3. The normalized spacial score (nSPS) is 14.6. The zero-order chi connectivity index (χ0) is 22.5. The molecule has 1 N–H and O–H groups in total. The van der Waals surface area contributed by atoms with Crippen LogP contribution in [0, 0.1) is 5.82 Å². The zero-order valence-corrected chi connectivity index (χ0v) is 18.1. The van der Waals surface area contributed by atoms with Crippen molar-refractivity contribution >= 4 is 22.5 Å². The Morgan fingerprint density at radius 3 is 2.66 bits per heavy atom. The van der Waals surface area contributed by atoms with E-state index in [-0.39, 0.29) is 16.9 Å². The lowest BCUT2D eigenvalue weighted by Gasteiger charge is -2.36. The van der Waals surface area contributed by atoms with E-state index in [9.17, 15) is 14.0 Å². The lowest BCUT2D eigenvalue weighted by molar-refractivity contribution is 0.101. The number of halogens is 1. The summed E-state index contributed by atoms with van der Waals surface area (Å²) in [5.41, 5.74) is 1.22. The third-order valence-electron chi connectivity index (χ3n) is 5.73. The third-order valence-corrected chi connectivity index (χ3v) is 5.73. The number of nitrogens with one attached hydrogen (secondary N) is 1. The largest absolute Gasteiger partial charge is 0.478 e. The van der Waals surface area contributed by atoms with Crippen LogP contribution in [0.3, 0.4) is 0 Å². The van der Waals surface area contributed by atoms with E-state index in [1.54, 1.807) is 12.1 Å². The summed E-state index contributed by atoms with van der Waals surface area (Å²) >= 11 is 0. The number of anilines is 1. The minimum absolute atomic E-state index is 0.183. The number of ether oxygens (including phenoxy) is 1. The molecule has 3 heterocycles. The maximum Gasteiger partial charge on any atom is 0.249 e. The highest BCUT2D eigenvalue weighted by Gasteiger charge is 2.22. The van der Waals surface area contributed by atoms with E-state index >= 15 is 0 Å². The standard InChI is InChI=1S/C24H27FN4O3/c1-17(30)23-19(25)5-4-6-20(23)29-14-12-28(13-15-29)11-2-3-16-32-22-10-8-18-7-9-21(31)26-24(18)27-22/h4-10H,2-3,11-16H2,1H3,(H,26,27,31). The van der Waals surface area contributed by atoms with Crippen LogP contribution >= 0.6 is 0 Å².